The maximum absolute atomic E-state index is 16.1. The van der Waals surface area contributed by atoms with Crippen molar-refractivity contribution < 1.29 is 40.6 Å². The van der Waals surface area contributed by atoms with E-state index in [1.165, 1.54) is 40.4 Å². The second-order valence-corrected chi connectivity index (χ2v) is 20.7. The van der Waals surface area contributed by atoms with Crippen LogP contribution in [0.2, 0.25) is 0 Å². The van der Waals surface area contributed by atoms with Gasteiger partial charge in [-0.15, -0.1) is 10.2 Å². The van der Waals surface area contributed by atoms with E-state index in [2.05, 4.69) is 25.0 Å². The number of carbonyl (C=O) groups excluding carboxylic acids is 1. The molecule has 1 amide bonds. The standard InChI is InChI=1S/C47H52N10O9S2/c1-47(2,3)66-46(58)55-25-24-33(29-55)53-67(59,60)40-23-22-37(38-8-7-9-39-42(38)50-45(48)49-39)41(44-51-54-57(52-44)28-32-14-20-36(65-6)21-15-32)43(40)68(61,62)56(26-30-10-16-34(63-4)17-11-30)27-31-12-18-35(64-5)19-13-31/h7-23,33,53H,24-29H2,1-6H3,(H3,48,49,50)/t33-/m1/s1. The molecule has 1 fully saturated rings. The van der Waals surface area contributed by atoms with Crippen LogP contribution in [0.25, 0.3) is 33.5 Å². The molecular weight excluding hydrogens is 913 g/mol. The zero-order valence-electron chi connectivity index (χ0n) is 38.3. The third kappa shape index (κ3) is 10.4. The third-order valence-corrected chi connectivity index (χ3v) is 14.8. The number of nitrogens with zero attached hydrogens (tertiary/aromatic N) is 7. The number of nitrogens with one attached hydrogen (secondary N) is 2. The number of rotatable bonds is 16. The van der Waals surface area contributed by atoms with Crippen molar-refractivity contribution in [2.75, 3.05) is 40.2 Å². The van der Waals surface area contributed by atoms with Crippen LogP contribution in [0.15, 0.2) is 113 Å². The number of benzene rings is 5. The molecule has 1 aliphatic heterocycles. The van der Waals surface area contributed by atoms with Crippen LogP contribution in [0.3, 0.4) is 0 Å². The number of aromatic amines is 1. The normalized spacial score (nSPS) is 14.4. The third-order valence-electron chi connectivity index (χ3n) is 11.2. The average Bonchev–Trinajstić information content (AvgIpc) is 4.08. The van der Waals surface area contributed by atoms with Crippen molar-refractivity contribution in [3.63, 3.8) is 0 Å². The Hall–Kier alpha value is -7.07. The van der Waals surface area contributed by atoms with Crippen LogP contribution >= 0.6 is 0 Å². The van der Waals surface area contributed by atoms with Gasteiger partial charge in [0.15, 0.2) is 5.95 Å². The molecule has 19 nitrogen and oxygen atoms in total. The maximum Gasteiger partial charge on any atom is 0.410 e. The van der Waals surface area contributed by atoms with Crippen molar-refractivity contribution in [1.29, 1.82) is 0 Å². The van der Waals surface area contributed by atoms with Crippen LogP contribution in [0.1, 0.15) is 43.9 Å². The lowest BCUT2D eigenvalue weighted by Gasteiger charge is -2.27. The lowest BCUT2D eigenvalue weighted by molar-refractivity contribution is 0.0291. The molecule has 2 aromatic heterocycles. The minimum Gasteiger partial charge on any atom is -0.497 e. The molecule has 68 heavy (non-hydrogen) atoms. The fourth-order valence-electron chi connectivity index (χ4n) is 7.91. The monoisotopic (exact) mass is 964 g/mol. The number of aromatic nitrogens is 6. The number of amides is 1. The van der Waals surface area contributed by atoms with Gasteiger partial charge in [0.05, 0.1) is 44.5 Å². The Morgan fingerprint density at radius 2 is 1.40 bits per heavy atom. The molecule has 5 aromatic carbocycles. The highest BCUT2D eigenvalue weighted by atomic mass is 32.2. The molecule has 4 N–H and O–H groups in total. The summed E-state index contributed by atoms with van der Waals surface area (Å²) in [6.45, 7) is 5.12. The highest BCUT2D eigenvalue weighted by Crippen LogP contribution is 2.43. The number of likely N-dealkylation sites (tertiary alicyclic amines) is 1. The van der Waals surface area contributed by atoms with Gasteiger partial charge in [0.25, 0.3) is 0 Å². The van der Waals surface area contributed by atoms with Gasteiger partial charge < -0.3 is 34.6 Å². The molecule has 1 aliphatic rings. The number of nitrogens with two attached hydrogens (primary N) is 1. The van der Waals surface area contributed by atoms with Gasteiger partial charge in [-0.25, -0.2) is 31.3 Å². The largest absolute Gasteiger partial charge is 0.497 e. The molecule has 0 radical (unpaired) electrons. The van der Waals surface area contributed by atoms with E-state index in [0.29, 0.717) is 45.0 Å². The van der Waals surface area contributed by atoms with Gasteiger partial charge in [-0.2, -0.15) is 9.10 Å². The fraction of sp³-hybridized carbons (Fsp3) is 0.298. The first-order valence-corrected chi connectivity index (χ1v) is 24.5. The number of tetrazole rings is 1. The number of nitrogen functional groups attached to an aromatic ring is 1. The van der Waals surface area contributed by atoms with Crippen molar-refractivity contribution in [3.8, 4) is 39.8 Å². The van der Waals surface area contributed by atoms with Crippen LogP contribution < -0.4 is 24.7 Å². The molecule has 356 valence electrons. The number of sulfonamides is 2. The average molecular weight is 965 g/mol. The number of fused-ring (bicyclic) bond motifs is 1. The first-order chi connectivity index (χ1) is 32.4. The highest BCUT2D eigenvalue weighted by molar-refractivity contribution is 7.92. The van der Waals surface area contributed by atoms with Gasteiger partial charge in [-0.1, -0.05) is 54.6 Å². The van der Waals surface area contributed by atoms with E-state index in [9.17, 15) is 4.79 Å². The maximum atomic E-state index is 16.1. The Morgan fingerprint density at radius 3 is 1.97 bits per heavy atom. The molecule has 0 saturated carbocycles. The van der Waals surface area contributed by atoms with Gasteiger partial charge in [0, 0.05) is 37.8 Å². The molecule has 0 bridgehead atoms. The second kappa shape index (κ2) is 19.3. The molecule has 0 aliphatic carbocycles. The van der Waals surface area contributed by atoms with Crippen LogP contribution in [-0.4, -0.2) is 108 Å². The number of H-pyrrole nitrogens is 1. The molecule has 21 heteroatoms. The van der Waals surface area contributed by atoms with Crippen LogP contribution in [0.4, 0.5) is 10.7 Å². The zero-order chi connectivity index (χ0) is 48.4. The second-order valence-electron chi connectivity index (χ2n) is 17.1. The molecule has 7 aromatic rings. The number of hydrogen-bond acceptors (Lipinski definition) is 14. The number of ether oxygens (including phenoxy) is 4. The highest BCUT2D eigenvalue weighted by Gasteiger charge is 2.40. The Bertz CT molecular complexity index is 3110. The Labute approximate surface area is 394 Å². The van der Waals surface area contributed by atoms with Gasteiger partial charge in [-0.3, -0.25) is 0 Å². The molecule has 3 heterocycles. The summed E-state index contributed by atoms with van der Waals surface area (Å²) >= 11 is 0. The fourth-order valence-corrected chi connectivity index (χ4v) is 11.6. The lowest BCUT2D eigenvalue weighted by atomic mass is 9.98. The van der Waals surface area contributed by atoms with Crippen LogP contribution in [0.5, 0.6) is 17.2 Å². The minimum atomic E-state index is -4.95. The van der Waals surface area contributed by atoms with E-state index in [0.717, 1.165) is 5.56 Å². The number of imidazole rings is 1. The molecule has 1 atom stereocenters. The first kappa shape index (κ1) is 47.4. The number of anilines is 1. The van der Waals surface area contributed by atoms with E-state index in [4.69, 9.17) is 29.8 Å². The number of carbonyl (C=O) groups is 1. The van der Waals surface area contributed by atoms with Gasteiger partial charge >= 0.3 is 6.09 Å². The predicted molar refractivity (Wildman–Crippen MR) is 254 cm³/mol. The molecular formula is C47H52N10O9S2. The summed E-state index contributed by atoms with van der Waals surface area (Å²) in [5.74, 6) is 1.68. The van der Waals surface area contributed by atoms with E-state index in [1.54, 1.807) is 107 Å². The quantitative estimate of drug-likeness (QED) is 0.0975. The molecule has 0 unspecified atom stereocenters. The summed E-state index contributed by atoms with van der Waals surface area (Å²) in [5, 5.41) is 13.5. The zero-order valence-corrected chi connectivity index (χ0v) is 40.0. The Kier molecular flexibility index (Phi) is 13.4. The summed E-state index contributed by atoms with van der Waals surface area (Å²) < 4.78 is 88.1. The first-order valence-electron chi connectivity index (χ1n) is 21.5. The SMILES string of the molecule is COc1ccc(CN(Cc2ccc(OC)cc2)S(=O)(=O)c2c(S(=O)(=O)N[C@@H]3CCN(C(=O)OC(C)(C)C)C3)ccc(-c3cccc4[nH]c(N)nc34)c2-c2nnn(Cc3ccc(OC)cc3)n2)cc1. The minimum absolute atomic E-state index is 0.0218. The van der Waals surface area contributed by atoms with Crippen molar-refractivity contribution in [2.45, 2.75) is 68.3 Å². The summed E-state index contributed by atoms with van der Waals surface area (Å²) in [6, 6.07) is 28.2. The number of hydrogen-bond donors (Lipinski definition) is 3. The molecule has 0 spiro atoms. The molecule has 1 saturated heterocycles. The van der Waals surface area contributed by atoms with E-state index < -0.39 is 47.6 Å². The smallest absolute Gasteiger partial charge is 0.410 e. The Balaban J connectivity index is 1.35. The Morgan fingerprint density at radius 1 is 0.809 bits per heavy atom. The number of methoxy groups -OCH3 is 3. The van der Waals surface area contributed by atoms with Crippen LogP contribution in [0, 0.1) is 0 Å². The topological polar surface area (TPSA) is 239 Å². The lowest BCUT2D eigenvalue weighted by Crippen LogP contribution is -2.41. The van der Waals surface area contributed by atoms with Crippen molar-refractivity contribution >= 4 is 43.1 Å². The van der Waals surface area contributed by atoms with Crippen LogP contribution in [-0.2, 0) is 44.4 Å². The van der Waals surface area contributed by atoms with Gasteiger partial charge in [0.1, 0.15) is 32.6 Å². The number of para-hydroxylation sites is 1. The van der Waals surface area contributed by atoms with E-state index in [-0.39, 0.29) is 62.0 Å². The predicted octanol–water partition coefficient (Wildman–Crippen LogP) is 6.22. The summed E-state index contributed by atoms with van der Waals surface area (Å²) in [6.07, 6.45) is -0.366. The summed E-state index contributed by atoms with van der Waals surface area (Å²) in [7, 11) is -5.09. The van der Waals surface area contributed by atoms with Crippen molar-refractivity contribution in [2.24, 2.45) is 0 Å². The van der Waals surface area contributed by atoms with Crippen molar-refractivity contribution in [3.05, 3.63) is 120 Å². The summed E-state index contributed by atoms with van der Waals surface area (Å²) in [5.41, 5.74) is 8.74. The van der Waals surface area contributed by atoms with Gasteiger partial charge in [0.2, 0.25) is 25.9 Å². The van der Waals surface area contributed by atoms with Gasteiger partial charge in [-0.05, 0) is 103 Å². The van der Waals surface area contributed by atoms with Crippen molar-refractivity contribution in [1.82, 2.24) is 44.1 Å². The van der Waals surface area contributed by atoms with E-state index in [1.807, 2.05) is 12.1 Å². The summed E-state index contributed by atoms with van der Waals surface area (Å²) in [4.78, 5) is 22.2. The van der Waals surface area contributed by atoms with E-state index >= 15 is 16.8 Å². The molecule has 8 rings (SSSR count).